The van der Waals surface area contributed by atoms with Gasteiger partial charge < -0.3 is 19.9 Å². The molecule has 1 saturated heterocycles. The van der Waals surface area contributed by atoms with E-state index in [1.807, 2.05) is 0 Å². The molecule has 0 bridgehead atoms. The highest BCUT2D eigenvalue weighted by atomic mass is 16.5. The fraction of sp³-hybridized carbons (Fsp3) is 1.00. The first-order chi connectivity index (χ1) is 8.61. The van der Waals surface area contributed by atoms with Gasteiger partial charge in [0.25, 0.3) is 0 Å². The van der Waals surface area contributed by atoms with Crippen molar-refractivity contribution < 1.29 is 14.6 Å². The lowest BCUT2D eigenvalue weighted by Crippen LogP contribution is -2.70. The van der Waals surface area contributed by atoms with Gasteiger partial charge >= 0.3 is 0 Å². The molecular weight excluding hydrogens is 230 g/mol. The molecule has 0 aromatic rings. The van der Waals surface area contributed by atoms with Crippen LogP contribution in [-0.2, 0) is 9.47 Å². The van der Waals surface area contributed by atoms with Crippen LogP contribution in [0.1, 0.15) is 33.1 Å². The van der Waals surface area contributed by atoms with Gasteiger partial charge in [0.1, 0.15) is 0 Å². The van der Waals surface area contributed by atoms with E-state index in [-0.39, 0.29) is 18.1 Å². The second-order valence-electron chi connectivity index (χ2n) is 6.23. The molecule has 1 aliphatic heterocycles. The number of ether oxygens (including phenoxy) is 2. The maximum absolute atomic E-state index is 9.11. The van der Waals surface area contributed by atoms with Gasteiger partial charge in [-0.05, 0) is 19.3 Å². The summed E-state index contributed by atoms with van der Waals surface area (Å²) in [5.74, 6) is 0.631. The third-order valence-corrected chi connectivity index (χ3v) is 4.59. The molecule has 0 aromatic carbocycles. The molecule has 2 fully saturated rings. The van der Waals surface area contributed by atoms with Crippen molar-refractivity contribution in [3.8, 4) is 0 Å². The van der Waals surface area contributed by atoms with Crippen molar-refractivity contribution in [3.05, 3.63) is 0 Å². The zero-order chi connectivity index (χ0) is 13.2. The van der Waals surface area contributed by atoms with Crippen molar-refractivity contribution in [2.75, 3.05) is 26.9 Å². The molecule has 2 N–H and O–H groups in total. The van der Waals surface area contributed by atoms with Crippen molar-refractivity contribution in [2.24, 2.45) is 11.3 Å². The van der Waals surface area contributed by atoms with Crippen LogP contribution in [0.15, 0.2) is 0 Å². The van der Waals surface area contributed by atoms with Gasteiger partial charge in [-0.25, -0.2) is 0 Å². The molecule has 18 heavy (non-hydrogen) atoms. The first-order valence-corrected chi connectivity index (χ1v) is 7.08. The van der Waals surface area contributed by atoms with Crippen LogP contribution in [0.4, 0.5) is 0 Å². The van der Waals surface area contributed by atoms with E-state index in [1.54, 1.807) is 7.11 Å². The number of nitrogens with one attached hydrogen (secondary N) is 1. The van der Waals surface area contributed by atoms with E-state index in [2.05, 4.69) is 19.2 Å². The molecule has 0 amide bonds. The van der Waals surface area contributed by atoms with Gasteiger partial charge in [0.15, 0.2) is 0 Å². The molecule has 4 atom stereocenters. The standard InChI is InChI=1S/C14H27NO3/c1-14(2)12(11-5-4-8-18-13(11)14)15-10(6-7-16)9-17-3/h10-13,15-16H,4-9H2,1-3H3. The Bertz CT molecular complexity index is 264. The Morgan fingerprint density at radius 3 is 2.94 bits per heavy atom. The predicted octanol–water partition coefficient (Wildman–Crippen LogP) is 1.18. The van der Waals surface area contributed by atoms with Gasteiger partial charge in [0.05, 0.1) is 12.7 Å². The summed E-state index contributed by atoms with van der Waals surface area (Å²) in [5, 5.41) is 12.8. The number of hydrogen-bond donors (Lipinski definition) is 2. The molecule has 106 valence electrons. The quantitative estimate of drug-likeness (QED) is 0.750. The van der Waals surface area contributed by atoms with Gasteiger partial charge in [-0.3, -0.25) is 0 Å². The minimum Gasteiger partial charge on any atom is -0.396 e. The lowest BCUT2D eigenvalue weighted by Gasteiger charge is -2.60. The number of fused-ring (bicyclic) bond motifs is 1. The Balaban J connectivity index is 1.94. The molecule has 2 rings (SSSR count). The van der Waals surface area contributed by atoms with Crippen LogP contribution in [0.2, 0.25) is 0 Å². The summed E-state index contributed by atoms with van der Waals surface area (Å²) in [6, 6.07) is 0.724. The SMILES string of the molecule is COCC(CCO)NC1C2CCCOC2C1(C)C. The Kier molecular flexibility index (Phi) is 4.64. The first-order valence-electron chi connectivity index (χ1n) is 7.08. The predicted molar refractivity (Wildman–Crippen MR) is 70.5 cm³/mol. The maximum atomic E-state index is 9.11. The lowest BCUT2D eigenvalue weighted by molar-refractivity contribution is -0.195. The van der Waals surface area contributed by atoms with E-state index in [4.69, 9.17) is 14.6 Å². The maximum Gasteiger partial charge on any atom is 0.0684 e. The van der Waals surface area contributed by atoms with E-state index in [1.165, 1.54) is 12.8 Å². The largest absolute Gasteiger partial charge is 0.396 e. The van der Waals surface area contributed by atoms with Gasteiger partial charge in [0.2, 0.25) is 0 Å². The number of rotatable bonds is 6. The molecular formula is C14H27NO3. The van der Waals surface area contributed by atoms with E-state index >= 15 is 0 Å². The van der Waals surface area contributed by atoms with Crippen molar-refractivity contribution in [1.82, 2.24) is 5.32 Å². The fourth-order valence-electron chi connectivity index (χ4n) is 3.69. The Morgan fingerprint density at radius 2 is 2.28 bits per heavy atom. The zero-order valence-electron chi connectivity index (χ0n) is 11.8. The first kappa shape index (κ1) is 14.3. The van der Waals surface area contributed by atoms with E-state index in [9.17, 15) is 0 Å². The van der Waals surface area contributed by atoms with E-state index < -0.39 is 0 Å². The van der Waals surface area contributed by atoms with Crippen molar-refractivity contribution in [1.29, 1.82) is 0 Å². The molecule has 4 nitrogen and oxygen atoms in total. The summed E-state index contributed by atoms with van der Waals surface area (Å²) in [5.41, 5.74) is 0.187. The molecule has 0 aromatic heterocycles. The Hall–Kier alpha value is -0.160. The summed E-state index contributed by atoms with van der Waals surface area (Å²) in [7, 11) is 1.71. The minimum absolute atomic E-state index is 0.187. The van der Waals surface area contributed by atoms with Gasteiger partial charge in [-0.1, -0.05) is 13.8 Å². The lowest BCUT2D eigenvalue weighted by atomic mass is 9.55. The summed E-state index contributed by atoms with van der Waals surface area (Å²) >= 11 is 0. The highest BCUT2D eigenvalue weighted by Gasteiger charge is 2.57. The van der Waals surface area contributed by atoms with Crippen molar-refractivity contribution >= 4 is 0 Å². The molecule has 1 aliphatic carbocycles. The third kappa shape index (κ3) is 2.57. The smallest absolute Gasteiger partial charge is 0.0684 e. The minimum atomic E-state index is 0.187. The summed E-state index contributed by atoms with van der Waals surface area (Å²) in [6.07, 6.45) is 3.58. The molecule has 1 heterocycles. The monoisotopic (exact) mass is 257 g/mol. The van der Waals surface area contributed by atoms with E-state index in [0.29, 0.717) is 24.7 Å². The van der Waals surface area contributed by atoms with Crippen LogP contribution in [0.25, 0.3) is 0 Å². The van der Waals surface area contributed by atoms with Gasteiger partial charge in [-0.2, -0.15) is 0 Å². The average molecular weight is 257 g/mol. The van der Waals surface area contributed by atoms with Crippen LogP contribution in [-0.4, -0.2) is 50.2 Å². The normalized spacial score (nSPS) is 35.7. The molecule has 2 aliphatic rings. The molecule has 1 saturated carbocycles. The molecule has 4 unspecified atom stereocenters. The van der Waals surface area contributed by atoms with Crippen LogP contribution < -0.4 is 5.32 Å². The Morgan fingerprint density at radius 1 is 1.50 bits per heavy atom. The second kappa shape index (κ2) is 5.87. The third-order valence-electron chi connectivity index (χ3n) is 4.59. The van der Waals surface area contributed by atoms with Crippen molar-refractivity contribution in [3.63, 3.8) is 0 Å². The molecule has 0 radical (unpaired) electrons. The number of methoxy groups -OCH3 is 1. The number of aliphatic hydroxyl groups is 1. The van der Waals surface area contributed by atoms with Crippen LogP contribution in [0, 0.1) is 11.3 Å². The van der Waals surface area contributed by atoms with Gasteiger partial charge in [-0.15, -0.1) is 0 Å². The topological polar surface area (TPSA) is 50.7 Å². The van der Waals surface area contributed by atoms with Crippen LogP contribution in [0.5, 0.6) is 0 Å². The summed E-state index contributed by atoms with van der Waals surface area (Å²) in [6.45, 7) is 6.33. The van der Waals surface area contributed by atoms with Crippen LogP contribution in [0.3, 0.4) is 0 Å². The molecule has 0 spiro atoms. The highest BCUT2D eigenvalue weighted by molar-refractivity contribution is 5.10. The fourth-order valence-corrected chi connectivity index (χ4v) is 3.69. The van der Waals surface area contributed by atoms with Crippen molar-refractivity contribution in [2.45, 2.75) is 51.3 Å². The van der Waals surface area contributed by atoms with E-state index in [0.717, 1.165) is 13.0 Å². The number of hydrogen-bond acceptors (Lipinski definition) is 4. The summed E-state index contributed by atoms with van der Waals surface area (Å²) in [4.78, 5) is 0. The average Bonchev–Trinajstić information content (AvgIpc) is 2.36. The highest BCUT2D eigenvalue weighted by Crippen LogP contribution is 2.51. The zero-order valence-corrected chi connectivity index (χ0v) is 11.8. The second-order valence-corrected chi connectivity index (χ2v) is 6.23. The van der Waals surface area contributed by atoms with Gasteiger partial charge in [0, 0.05) is 43.7 Å². The Labute approximate surface area is 110 Å². The number of aliphatic hydroxyl groups excluding tert-OH is 1. The molecule has 4 heteroatoms. The van der Waals surface area contributed by atoms with Crippen LogP contribution >= 0.6 is 0 Å². The summed E-state index contributed by atoms with van der Waals surface area (Å²) < 4.78 is 11.1.